The van der Waals surface area contributed by atoms with Gasteiger partial charge in [-0.1, -0.05) is 12.1 Å². The van der Waals surface area contributed by atoms with Gasteiger partial charge in [0.15, 0.2) is 0 Å². The molecule has 1 saturated carbocycles. The maximum absolute atomic E-state index is 14.3. The fraction of sp³-hybridized carbons (Fsp3) is 0.500. The Labute approximate surface area is 102 Å². The summed E-state index contributed by atoms with van der Waals surface area (Å²) in [5.74, 6) is -0.344. The minimum Gasteiger partial charge on any atom is -0.328 e. The summed E-state index contributed by atoms with van der Waals surface area (Å²) in [5.41, 5.74) is 5.12. The SMILES string of the molecule is NC1CCC(F)(Cc2cccc(F)c2Br)C1. The van der Waals surface area contributed by atoms with E-state index in [4.69, 9.17) is 5.73 Å². The van der Waals surface area contributed by atoms with Crippen LogP contribution in [-0.2, 0) is 6.42 Å². The highest BCUT2D eigenvalue weighted by molar-refractivity contribution is 9.10. The molecular formula is C12H14BrF2N. The van der Waals surface area contributed by atoms with E-state index >= 15 is 0 Å². The van der Waals surface area contributed by atoms with Gasteiger partial charge in [0.1, 0.15) is 11.5 Å². The summed E-state index contributed by atoms with van der Waals surface area (Å²) in [6, 6.07) is 4.66. The minimum atomic E-state index is -1.27. The third kappa shape index (κ3) is 2.43. The molecule has 1 nitrogen and oxygen atoms in total. The molecule has 0 heterocycles. The molecule has 88 valence electrons. The van der Waals surface area contributed by atoms with E-state index in [0.717, 1.165) is 0 Å². The van der Waals surface area contributed by atoms with Crippen LogP contribution < -0.4 is 5.73 Å². The van der Waals surface area contributed by atoms with Gasteiger partial charge in [-0.3, -0.25) is 0 Å². The van der Waals surface area contributed by atoms with Gasteiger partial charge >= 0.3 is 0 Å². The summed E-state index contributed by atoms with van der Waals surface area (Å²) in [5, 5.41) is 0. The molecule has 1 aliphatic carbocycles. The molecule has 0 saturated heterocycles. The Morgan fingerprint density at radius 1 is 1.50 bits per heavy atom. The van der Waals surface area contributed by atoms with Crippen molar-refractivity contribution >= 4 is 15.9 Å². The molecule has 0 amide bonds. The second-order valence-corrected chi connectivity index (χ2v) is 5.34. The summed E-state index contributed by atoms with van der Waals surface area (Å²) in [4.78, 5) is 0. The molecule has 1 aromatic rings. The molecule has 0 bridgehead atoms. The van der Waals surface area contributed by atoms with Crippen LogP contribution in [0.3, 0.4) is 0 Å². The standard InChI is InChI=1S/C12H14BrF2N/c13-11-8(2-1-3-10(11)14)6-12(15)5-4-9(16)7-12/h1-3,9H,4-7,16H2. The van der Waals surface area contributed by atoms with Gasteiger partial charge in [0.2, 0.25) is 0 Å². The first-order valence-electron chi connectivity index (χ1n) is 5.38. The quantitative estimate of drug-likeness (QED) is 0.888. The molecule has 0 radical (unpaired) electrons. The highest BCUT2D eigenvalue weighted by atomic mass is 79.9. The highest BCUT2D eigenvalue weighted by Crippen LogP contribution is 2.37. The third-order valence-corrected chi connectivity index (χ3v) is 4.02. The second-order valence-electron chi connectivity index (χ2n) is 4.54. The lowest BCUT2D eigenvalue weighted by Crippen LogP contribution is -2.25. The average Bonchev–Trinajstić information content (AvgIpc) is 2.54. The first-order chi connectivity index (χ1) is 7.50. The lowest BCUT2D eigenvalue weighted by molar-refractivity contribution is 0.170. The molecule has 2 N–H and O–H groups in total. The van der Waals surface area contributed by atoms with Crippen LogP contribution in [0.1, 0.15) is 24.8 Å². The molecule has 16 heavy (non-hydrogen) atoms. The number of halogens is 3. The topological polar surface area (TPSA) is 26.0 Å². The van der Waals surface area contributed by atoms with E-state index < -0.39 is 5.67 Å². The van der Waals surface area contributed by atoms with Gasteiger partial charge in [-0.25, -0.2) is 8.78 Å². The zero-order valence-corrected chi connectivity index (χ0v) is 10.4. The predicted molar refractivity (Wildman–Crippen MR) is 63.5 cm³/mol. The Morgan fingerprint density at radius 2 is 2.25 bits per heavy atom. The average molecular weight is 290 g/mol. The van der Waals surface area contributed by atoms with Crippen molar-refractivity contribution in [2.75, 3.05) is 0 Å². The van der Waals surface area contributed by atoms with Gasteiger partial charge in [-0.15, -0.1) is 0 Å². The molecule has 1 fully saturated rings. The van der Waals surface area contributed by atoms with E-state index in [1.165, 1.54) is 6.07 Å². The monoisotopic (exact) mass is 289 g/mol. The van der Waals surface area contributed by atoms with E-state index in [1.54, 1.807) is 12.1 Å². The lowest BCUT2D eigenvalue weighted by Gasteiger charge is -2.20. The smallest absolute Gasteiger partial charge is 0.137 e. The van der Waals surface area contributed by atoms with Crippen LogP contribution in [0.2, 0.25) is 0 Å². The molecular weight excluding hydrogens is 276 g/mol. The summed E-state index contributed by atoms with van der Waals surface area (Å²) in [6.45, 7) is 0. The molecule has 1 aliphatic rings. The number of nitrogens with two attached hydrogens (primary N) is 1. The van der Waals surface area contributed by atoms with E-state index in [9.17, 15) is 8.78 Å². The number of alkyl halides is 1. The molecule has 2 rings (SSSR count). The first kappa shape index (κ1) is 12.0. The molecule has 4 heteroatoms. The van der Waals surface area contributed by atoms with Crippen molar-refractivity contribution in [2.45, 2.75) is 37.4 Å². The van der Waals surface area contributed by atoms with Crippen molar-refractivity contribution in [3.05, 3.63) is 34.1 Å². The Balaban J connectivity index is 2.18. The first-order valence-corrected chi connectivity index (χ1v) is 6.17. The summed E-state index contributed by atoms with van der Waals surface area (Å²) < 4.78 is 28.0. The highest BCUT2D eigenvalue weighted by Gasteiger charge is 2.38. The van der Waals surface area contributed by atoms with Gasteiger partial charge in [-0.05, 0) is 46.8 Å². The number of rotatable bonds is 2. The van der Waals surface area contributed by atoms with Crippen LogP contribution >= 0.6 is 15.9 Å². The summed E-state index contributed by atoms with van der Waals surface area (Å²) >= 11 is 3.15. The van der Waals surface area contributed by atoms with Crippen LogP contribution in [0.5, 0.6) is 0 Å². The van der Waals surface area contributed by atoms with E-state index in [-0.39, 0.29) is 18.3 Å². The van der Waals surface area contributed by atoms with Crippen LogP contribution in [0.15, 0.2) is 22.7 Å². The van der Waals surface area contributed by atoms with Crippen LogP contribution in [0.4, 0.5) is 8.78 Å². The van der Waals surface area contributed by atoms with Crippen LogP contribution in [-0.4, -0.2) is 11.7 Å². The number of benzene rings is 1. The van der Waals surface area contributed by atoms with Crippen molar-refractivity contribution in [3.8, 4) is 0 Å². The Kier molecular flexibility index (Phi) is 3.31. The molecule has 1 aromatic carbocycles. The lowest BCUT2D eigenvalue weighted by atomic mass is 9.94. The van der Waals surface area contributed by atoms with Gasteiger partial charge in [0, 0.05) is 12.5 Å². The number of hydrogen-bond donors (Lipinski definition) is 1. The van der Waals surface area contributed by atoms with Crippen LogP contribution in [0.25, 0.3) is 0 Å². The zero-order chi connectivity index (χ0) is 11.8. The van der Waals surface area contributed by atoms with Gasteiger partial charge in [0.25, 0.3) is 0 Å². The molecule has 0 aliphatic heterocycles. The van der Waals surface area contributed by atoms with Crippen molar-refractivity contribution in [1.82, 2.24) is 0 Å². The molecule has 2 atom stereocenters. The van der Waals surface area contributed by atoms with Crippen molar-refractivity contribution in [3.63, 3.8) is 0 Å². The summed E-state index contributed by atoms with van der Waals surface area (Å²) in [6.07, 6.45) is 1.79. The van der Waals surface area contributed by atoms with Crippen molar-refractivity contribution in [1.29, 1.82) is 0 Å². The zero-order valence-electron chi connectivity index (χ0n) is 8.85. The van der Waals surface area contributed by atoms with E-state index in [0.29, 0.717) is 29.3 Å². The largest absolute Gasteiger partial charge is 0.328 e. The molecule has 2 unspecified atom stereocenters. The minimum absolute atomic E-state index is 0.0580. The fourth-order valence-corrected chi connectivity index (χ4v) is 2.71. The van der Waals surface area contributed by atoms with E-state index in [1.807, 2.05) is 0 Å². The maximum atomic E-state index is 14.3. The second kappa shape index (κ2) is 4.41. The van der Waals surface area contributed by atoms with E-state index in [2.05, 4.69) is 15.9 Å². The fourth-order valence-electron chi connectivity index (χ4n) is 2.30. The predicted octanol–water partition coefficient (Wildman–Crippen LogP) is 3.35. The normalized spacial score (nSPS) is 29.6. The van der Waals surface area contributed by atoms with Gasteiger partial charge < -0.3 is 5.73 Å². The van der Waals surface area contributed by atoms with Gasteiger partial charge in [-0.2, -0.15) is 0 Å². The number of hydrogen-bond acceptors (Lipinski definition) is 1. The van der Waals surface area contributed by atoms with Gasteiger partial charge in [0.05, 0.1) is 4.47 Å². The molecule has 0 spiro atoms. The third-order valence-electron chi connectivity index (χ3n) is 3.13. The van der Waals surface area contributed by atoms with Crippen LogP contribution in [0, 0.1) is 5.82 Å². The summed E-state index contributed by atoms with van der Waals surface area (Å²) in [7, 11) is 0. The van der Waals surface area contributed by atoms with Crippen molar-refractivity contribution in [2.24, 2.45) is 5.73 Å². The Bertz CT molecular complexity index is 397. The molecule has 0 aromatic heterocycles. The Hall–Kier alpha value is -0.480. The maximum Gasteiger partial charge on any atom is 0.137 e. The van der Waals surface area contributed by atoms with Crippen molar-refractivity contribution < 1.29 is 8.78 Å². The Morgan fingerprint density at radius 3 is 2.88 bits per heavy atom.